The second kappa shape index (κ2) is 7.81. The predicted molar refractivity (Wildman–Crippen MR) is 75.8 cm³/mol. The van der Waals surface area contributed by atoms with Crippen LogP contribution in [0.25, 0.3) is 0 Å². The highest BCUT2D eigenvalue weighted by Crippen LogP contribution is 2.27. The molecule has 0 aliphatic carbocycles. The van der Waals surface area contributed by atoms with Gasteiger partial charge in [-0.1, -0.05) is 24.1 Å². The second-order valence-corrected chi connectivity index (χ2v) is 4.99. The van der Waals surface area contributed by atoms with Crippen molar-refractivity contribution in [1.29, 1.82) is 0 Å². The molecule has 1 aromatic rings. The van der Waals surface area contributed by atoms with E-state index in [0.717, 1.165) is 6.42 Å². The van der Waals surface area contributed by atoms with Gasteiger partial charge in [0.2, 0.25) is 0 Å². The van der Waals surface area contributed by atoms with Crippen molar-refractivity contribution in [3.8, 4) is 0 Å². The maximum atomic E-state index is 11.2. The van der Waals surface area contributed by atoms with E-state index in [9.17, 15) is 20.0 Å². The van der Waals surface area contributed by atoms with Crippen molar-refractivity contribution >= 4 is 23.3 Å². The van der Waals surface area contributed by atoms with Crippen molar-refractivity contribution in [3.05, 3.63) is 38.9 Å². The Morgan fingerprint density at radius 3 is 2.70 bits per heavy atom. The number of hydrogen-bond donors (Lipinski definition) is 2. The Bertz CT molecular complexity index is 493. The van der Waals surface area contributed by atoms with Crippen LogP contribution in [0.3, 0.4) is 0 Å². The molecule has 1 aromatic carbocycles. The molecule has 0 amide bonds. The zero-order valence-corrected chi connectivity index (χ0v) is 11.7. The lowest BCUT2D eigenvalue weighted by molar-refractivity contribution is -0.385. The van der Waals surface area contributed by atoms with Crippen molar-refractivity contribution in [2.75, 3.05) is 6.54 Å². The Morgan fingerprint density at radius 2 is 2.15 bits per heavy atom. The summed E-state index contributed by atoms with van der Waals surface area (Å²) in [6, 6.07) is 4.29. The van der Waals surface area contributed by atoms with Gasteiger partial charge in [0.15, 0.2) is 0 Å². The van der Waals surface area contributed by atoms with Gasteiger partial charge in [0.05, 0.1) is 10.8 Å². The highest BCUT2D eigenvalue weighted by Gasteiger charge is 2.22. The number of carboxylic acid groups (broad SMARTS) is 1. The molecule has 0 saturated carbocycles. The highest BCUT2D eigenvalue weighted by atomic mass is 35.5. The Morgan fingerprint density at radius 1 is 1.45 bits per heavy atom. The minimum absolute atomic E-state index is 0.118. The van der Waals surface area contributed by atoms with Gasteiger partial charge in [0.25, 0.3) is 5.69 Å². The average molecular weight is 301 g/mol. The van der Waals surface area contributed by atoms with Crippen LogP contribution < -0.4 is 5.73 Å². The lowest BCUT2D eigenvalue weighted by Gasteiger charge is -2.12. The zero-order chi connectivity index (χ0) is 15.1. The summed E-state index contributed by atoms with van der Waals surface area (Å²) in [6.45, 7) is 0.507. The topological polar surface area (TPSA) is 106 Å². The largest absolute Gasteiger partial charge is 0.481 e. The van der Waals surface area contributed by atoms with Gasteiger partial charge in [-0.15, -0.1) is 0 Å². The molecule has 1 atom stereocenters. The standard InChI is InChI=1S/C13H17ClN2O4/c14-11-5-4-9(12(8-11)16(19)20)7-10(13(17)18)3-1-2-6-15/h4-5,8,10H,1-3,6-7,15H2,(H,17,18). The summed E-state index contributed by atoms with van der Waals surface area (Å²) in [6.07, 6.45) is 2.00. The molecule has 6 nitrogen and oxygen atoms in total. The van der Waals surface area contributed by atoms with Crippen LogP contribution in [0, 0.1) is 16.0 Å². The van der Waals surface area contributed by atoms with Gasteiger partial charge in [-0.3, -0.25) is 14.9 Å². The summed E-state index contributed by atoms with van der Waals surface area (Å²) in [5, 5.41) is 20.4. The van der Waals surface area contributed by atoms with Crippen molar-refractivity contribution in [3.63, 3.8) is 0 Å². The number of aliphatic carboxylic acids is 1. The minimum atomic E-state index is -0.953. The zero-order valence-electron chi connectivity index (χ0n) is 10.9. The molecule has 0 saturated heterocycles. The predicted octanol–water partition coefficient (Wildman–Crippen LogP) is 2.62. The monoisotopic (exact) mass is 300 g/mol. The Balaban J connectivity index is 2.87. The number of unbranched alkanes of at least 4 members (excludes halogenated alkanes) is 1. The van der Waals surface area contributed by atoms with Crippen LogP contribution in [-0.4, -0.2) is 22.5 Å². The molecule has 0 aliphatic rings. The number of nitro benzene ring substituents is 1. The lowest BCUT2D eigenvalue weighted by atomic mass is 9.93. The van der Waals surface area contributed by atoms with Crippen LogP contribution in [0.15, 0.2) is 18.2 Å². The molecule has 0 fully saturated rings. The summed E-state index contributed by atoms with van der Waals surface area (Å²) in [5.41, 5.74) is 5.62. The third-order valence-corrected chi connectivity index (χ3v) is 3.30. The summed E-state index contributed by atoms with van der Waals surface area (Å²) in [7, 11) is 0. The molecule has 0 aliphatic heterocycles. The van der Waals surface area contributed by atoms with Crippen LogP contribution in [0.2, 0.25) is 5.02 Å². The van der Waals surface area contributed by atoms with Gasteiger partial charge in [0, 0.05) is 16.7 Å². The van der Waals surface area contributed by atoms with Crippen molar-refractivity contribution in [2.45, 2.75) is 25.7 Å². The quantitative estimate of drug-likeness (QED) is 0.436. The third-order valence-electron chi connectivity index (χ3n) is 3.07. The molecule has 0 radical (unpaired) electrons. The number of rotatable bonds is 8. The van der Waals surface area contributed by atoms with Crippen LogP contribution in [0.5, 0.6) is 0 Å². The normalized spacial score (nSPS) is 12.1. The molecule has 3 N–H and O–H groups in total. The van der Waals surface area contributed by atoms with Crippen molar-refractivity contribution in [2.24, 2.45) is 11.7 Å². The van der Waals surface area contributed by atoms with E-state index in [-0.39, 0.29) is 17.1 Å². The van der Waals surface area contributed by atoms with Crippen LogP contribution in [0.4, 0.5) is 5.69 Å². The van der Waals surface area contributed by atoms with E-state index in [1.54, 1.807) is 0 Å². The smallest absolute Gasteiger partial charge is 0.306 e. The van der Waals surface area contributed by atoms with Crippen molar-refractivity contribution < 1.29 is 14.8 Å². The van der Waals surface area contributed by atoms with E-state index >= 15 is 0 Å². The van der Waals surface area contributed by atoms with Gasteiger partial charge in [-0.25, -0.2) is 0 Å². The molecule has 20 heavy (non-hydrogen) atoms. The average Bonchev–Trinajstić information content (AvgIpc) is 2.39. The van der Waals surface area contributed by atoms with Crippen LogP contribution in [-0.2, 0) is 11.2 Å². The number of nitrogens with zero attached hydrogens (tertiary/aromatic N) is 1. The molecule has 7 heteroatoms. The molecule has 0 bridgehead atoms. The van der Waals surface area contributed by atoms with E-state index in [1.165, 1.54) is 18.2 Å². The van der Waals surface area contributed by atoms with E-state index in [4.69, 9.17) is 17.3 Å². The number of benzene rings is 1. The Kier molecular flexibility index (Phi) is 6.41. The summed E-state index contributed by atoms with van der Waals surface area (Å²) >= 11 is 5.73. The highest BCUT2D eigenvalue weighted by molar-refractivity contribution is 6.30. The molecule has 0 heterocycles. The van der Waals surface area contributed by atoms with E-state index < -0.39 is 16.8 Å². The first-order chi connectivity index (χ1) is 9.45. The van der Waals surface area contributed by atoms with Crippen molar-refractivity contribution in [1.82, 2.24) is 0 Å². The first-order valence-corrected chi connectivity index (χ1v) is 6.69. The van der Waals surface area contributed by atoms with Gasteiger partial charge < -0.3 is 10.8 Å². The number of nitrogens with two attached hydrogens (primary N) is 1. The fourth-order valence-corrected chi connectivity index (χ4v) is 2.16. The van der Waals surface area contributed by atoms with Gasteiger partial charge in [0.1, 0.15) is 0 Å². The summed E-state index contributed by atoms with van der Waals surface area (Å²) in [4.78, 5) is 21.6. The SMILES string of the molecule is NCCCCC(Cc1ccc(Cl)cc1[N+](=O)[O-])C(=O)O. The molecule has 1 rings (SSSR count). The molecular weight excluding hydrogens is 284 g/mol. The molecular formula is C13H17ClN2O4. The third kappa shape index (κ3) is 4.79. The Hall–Kier alpha value is -1.66. The first-order valence-electron chi connectivity index (χ1n) is 6.31. The number of halogens is 1. The number of hydrogen-bond acceptors (Lipinski definition) is 4. The first kappa shape index (κ1) is 16.4. The molecule has 1 unspecified atom stereocenters. The summed E-state index contributed by atoms with van der Waals surface area (Å²) in [5.74, 6) is -1.60. The molecule has 0 spiro atoms. The number of nitro groups is 1. The van der Waals surface area contributed by atoms with Gasteiger partial charge in [-0.2, -0.15) is 0 Å². The number of carbonyl (C=O) groups is 1. The fourth-order valence-electron chi connectivity index (χ4n) is 1.99. The molecule has 110 valence electrons. The van der Waals surface area contributed by atoms with Crippen LogP contribution in [0.1, 0.15) is 24.8 Å². The van der Waals surface area contributed by atoms with Crippen LogP contribution >= 0.6 is 11.6 Å². The van der Waals surface area contributed by atoms with E-state index in [1.807, 2.05) is 0 Å². The van der Waals surface area contributed by atoms with E-state index in [0.29, 0.717) is 24.9 Å². The second-order valence-electron chi connectivity index (χ2n) is 4.55. The summed E-state index contributed by atoms with van der Waals surface area (Å²) < 4.78 is 0. The number of carboxylic acids is 1. The maximum absolute atomic E-state index is 11.2. The lowest BCUT2D eigenvalue weighted by Crippen LogP contribution is -2.17. The van der Waals surface area contributed by atoms with Gasteiger partial charge >= 0.3 is 5.97 Å². The Labute approximate surface area is 121 Å². The maximum Gasteiger partial charge on any atom is 0.306 e. The fraction of sp³-hybridized carbons (Fsp3) is 0.462. The van der Waals surface area contributed by atoms with Gasteiger partial charge in [-0.05, 0) is 31.9 Å². The van der Waals surface area contributed by atoms with E-state index in [2.05, 4.69) is 0 Å². The minimum Gasteiger partial charge on any atom is -0.481 e. The molecule has 0 aromatic heterocycles.